The van der Waals surface area contributed by atoms with Gasteiger partial charge in [-0.15, -0.1) is 0 Å². The molecule has 35 heavy (non-hydrogen) atoms. The number of nitrogens with one attached hydrogen (secondary N) is 2. The minimum atomic E-state index is -1.37. The van der Waals surface area contributed by atoms with Crippen molar-refractivity contribution in [2.24, 2.45) is 0 Å². The van der Waals surface area contributed by atoms with Gasteiger partial charge in [-0.2, -0.15) is 0 Å². The molecule has 12 nitrogen and oxygen atoms in total. The molecule has 200 valence electrons. The fourth-order valence-corrected chi connectivity index (χ4v) is 4.11. The van der Waals surface area contributed by atoms with Gasteiger partial charge in [0.2, 0.25) is 0 Å². The van der Waals surface area contributed by atoms with Crippen molar-refractivity contribution in [1.29, 1.82) is 0 Å². The molecule has 0 radical (unpaired) electrons. The summed E-state index contributed by atoms with van der Waals surface area (Å²) in [5, 5.41) is 5.40. The Labute approximate surface area is 205 Å². The highest BCUT2D eigenvalue weighted by Crippen LogP contribution is 2.48. The molecule has 4 aliphatic rings. The van der Waals surface area contributed by atoms with Crippen LogP contribution in [0.5, 0.6) is 0 Å². The lowest BCUT2D eigenvalue weighted by Gasteiger charge is -2.56. The Morgan fingerprint density at radius 1 is 0.886 bits per heavy atom. The van der Waals surface area contributed by atoms with E-state index in [0.717, 1.165) is 0 Å². The van der Waals surface area contributed by atoms with Crippen molar-refractivity contribution in [3.8, 4) is 0 Å². The van der Waals surface area contributed by atoms with Crippen LogP contribution in [0.4, 0.5) is 9.59 Å². The molecule has 4 saturated heterocycles. The Balaban J connectivity index is 1.62. The van der Waals surface area contributed by atoms with E-state index in [0.29, 0.717) is 0 Å². The third-order valence-electron chi connectivity index (χ3n) is 5.43. The largest absolute Gasteiger partial charge is 0.460 e. The number of hydrogen-bond donors (Lipinski definition) is 2. The van der Waals surface area contributed by atoms with Crippen molar-refractivity contribution >= 4 is 18.2 Å². The first-order chi connectivity index (χ1) is 15.9. The standard InChI is InChI=1S/C23H38N2O10/c1-19(2,3)32-14(26)9-10-29-18(28)25-23-13-30-22(12-31-23,11-24-17(27)35-20(4,5)6)15-16(23)34-21(7,8)33-15/h15-16H,9-13H2,1-8H3,(H,24,27)(H,25,28)/t15?,16?,22?,23-/m1/s1. The van der Waals surface area contributed by atoms with Gasteiger partial charge in [-0.25, -0.2) is 9.59 Å². The van der Waals surface area contributed by atoms with Crippen LogP contribution in [0.15, 0.2) is 0 Å². The molecule has 4 aliphatic heterocycles. The maximum absolute atomic E-state index is 12.5. The third kappa shape index (κ3) is 6.75. The molecule has 0 aromatic rings. The van der Waals surface area contributed by atoms with E-state index in [1.54, 1.807) is 55.4 Å². The van der Waals surface area contributed by atoms with Gasteiger partial charge >= 0.3 is 18.2 Å². The molecule has 2 bridgehead atoms. The van der Waals surface area contributed by atoms with Gasteiger partial charge in [0.25, 0.3) is 0 Å². The molecule has 4 rings (SSSR count). The van der Waals surface area contributed by atoms with Crippen LogP contribution in [0.2, 0.25) is 0 Å². The van der Waals surface area contributed by atoms with Gasteiger partial charge in [-0.05, 0) is 55.4 Å². The Bertz CT molecular complexity index is 821. The summed E-state index contributed by atoms with van der Waals surface area (Å²) in [5.41, 5.74) is -3.69. The van der Waals surface area contributed by atoms with Gasteiger partial charge in [0, 0.05) is 0 Å². The molecule has 12 heteroatoms. The second-order valence-corrected chi connectivity index (χ2v) is 11.5. The molecular weight excluding hydrogens is 464 g/mol. The Morgan fingerprint density at radius 3 is 2.09 bits per heavy atom. The lowest BCUT2D eigenvalue weighted by Crippen LogP contribution is -2.80. The predicted octanol–water partition coefficient (Wildman–Crippen LogP) is 1.98. The summed E-state index contributed by atoms with van der Waals surface area (Å²) in [4.78, 5) is 36.6. The number of carbonyl (C=O) groups excluding carboxylic acids is 3. The Hall–Kier alpha value is -2.15. The highest BCUT2D eigenvalue weighted by atomic mass is 16.8. The monoisotopic (exact) mass is 502 g/mol. The van der Waals surface area contributed by atoms with Crippen LogP contribution in [0.1, 0.15) is 61.8 Å². The highest BCUT2D eigenvalue weighted by Gasteiger charge is 2.70. The van der Waals surface area contributed by atoms with Gasteiger partial charge in [0.05, 0.1) is 26.2 Å². The molecule has 0 aliphatic carbocycles. The number of hydrogen-bond acceptors (Lipinski definition) is 10. The quantitative estimate of drug-likeness (QED) is 0.409. The van der Waals surface area contributed by atoms with E-state index in [2.05, 4.69) is 10.6 Å². The van der Waals surface area contributed by atoms with E-state index in [4.69, 9.17) is 33.2 Å². The molecule has 0 spiro atoms. The maximum atomic E-state index is 12.5. The minimum absolute atomic E-state index is 0.0155. The average Bonchev–Trinajstić information content (AvgIpc) is 3.02. The van der Waals surface area contributed by atoms with Crippen molar-refractivity contribution < 1.29 is 47.5 Å². The summed E-state index contributed by atoms with van der Waals surface area (Å²) in [7, 11) is 0. The molecule has 0 aromatic carbocycles. The molecular formula is C23H38N2O10. The summed E-state index contributed by atoms with van der Waals surface area (Å²) in [6, 6.07) is 0. The van der Waals surface area contributed by atoms with Gasteiger partial charge < -0.3 is 38.5 Å². The van der Waals surface area contributed by atoms with Crippen molar-refractivity contribution in [1.82, 2.24) is 10.6 Å². The Morgan fingerprint density at radius 2 is 1.51 bits per heavy atom. The first kappa shape index (κ1) is 27.4. The molecule has 4 heterocycles. The van der Waals surface area contributed by atoms with Crippen LogP contribution >= 0.6 is 0 Å². The second kappa shape index (κ2) is 9.38. The zero-order chi connectivity index (χ0) is 26.3. The molecule has 0 saturated carbocycles. The van der Waals surface area contributed by atoms with Crippen molar-refractivity contribution in [2.75, 3.05) is 26.4 Å². The van der Waals surface area contributed by atoms with Gasteiger partial charge in [-0.1, -0.05) is 0 Å². The maximum Gasteiger partial charge on any atom is 0.409 e. The molecule has 3 unspecified atom stereocenters. The second-order valence-electron chi connectivity index (χ2n) is 11.5. The predicted molar refractivity (Wildman–Crippen MR) is 120 cm³/mol. The van der Waals surface area contributed by atoms with Crippen molar-refractivity contribution in [3.05, 3.63) is 0 Å². The smallest absolute Gasteiger partial charge is 0.409 e. The summed E-state index contributed by atoms with van der Waals surface area (Å²) in [6.45, 7) is 13.9. The van der Waals surface area contributed by atoms with E-state index in [9.17, 15) is 14.4 Å². The topological polar surface area (TPSA) is 140 Å². The summed E-state index contributed by atoms with van der Waals surface area (Å²) in [5.74, 6) is -1.46. The lowest BCUT2D eigenvalue weighted by molar-refractivity contribution is -0.335. The SMILES string of the molecule is CC(C)(C)OC(=O)CCOC(=O)N[C@]12COC(CNC(=O)OC(C)(C)C)(CO1)C1OC(C)(C)OC12. The molecule has 4 fully saturated rings. The molecule has 0 aromatic heterocycles. The van der Waals surface area contributed by atoms with E-state index < -0.39 is 58.7 Å². The number of alkyl carbamates (subject to hydrolysis) is 2. The average molecular weight is 503 g/mol. The summed E-state index contributed by atoms with van der Waals surface area (Å²) in [6.07, 6.45) is -2.88. The highest BCUT2D eigenvalue weighted by molar-refractivity contribution is 5.72. The first-order valence-corrected chi connectivity index (χ1v) is 11.7. The van der Waals surface area contributed by atoms with Gasteiger partial charge in [0.1, 0.15) is 35.6 Å². The number of rotatable bonds is 6. The summed E-state index contributed by atoms with van der Waals surface area (Å²) >= 11 is 0. The number of amides is 2. The van der Waals surface area contributed by atoms with E-state index in [-0.39, 0.29) is 32.8 Å². The third-order valence-corrected chi connectivity index (χ3v) is 5.43. The normalized spacial score (nSPS) is 31.3. The van der Waals surface area contributed by atoms with Crippen LogP contribution in [0, 0.1) is 0 Å². The molecule has 4 atom stereocenters. The number of carbonyl (C=O) groups is 3. The number of ether oxygens (including phenoxy) is 7. The fraction of sp³-hybridized carbons (Fsp3) is 0.870. The zero-order valence-electron chi connectivity index (χ0n) is 21.8. The Kier molecular flexibility index (Phi) is 7.35. The first-order valence-electron chi connectivity index (χ1n) is 11.7. The number of fused-ring (bicyclic) bond motifs is 2. The van der Waals surface area contributed by atoms with Crippen molar-refractivity contribution in [3.63, 3.8) is 0 Å². The van der Waals surface area contributed by atoms with E-state index in [1.807, 2.05) is 0 Å². The van der Waals surface area contributed by atoms with E-state index in [1.165, 1.54) is 0 Å². The van der Waals surface area contributed by atoms with Gasteiger partial charge in [0.15, 0.2) is 11.5 Å². The van der Waals surface area contributed by atoms with Crippen LogP contribution in [-0.4, -0.2) is 85.0 Å². The van der Waals surface area contributed by atoms with Crippen LogP contribution in [0.25, 0.3) is 0 Å². The van der Waals surface area contributed by atoms with Crippen LogP contribution < -0.4 is 10.6 Å². The molecule has 2 amide bonds. The lowest BCUT2D eigenvalue weighted by atomic mass is 9.81. The van der Waals surface area contributed by atoms with Gasteiger partial charge in [-0.3, -0.25) is 10.1 Å². The fourth-order valence-electron chi connectivity index (χ4n) is 4.11. The van der Waals surface area contributed by atoms with Crippen LogP contribution in [0.3, 0.4) is 0 Å². The minimum Gasteiger partial charge on any atom is -0.460 e. The number of esters is 1. The zero-order valence-corrected chi connectivity index (χ0v) is 21.8. The van der Waals surface area contributed by atoms with Crippen LogP contribution in [-0.2, 0) is 38.0 Å². The van der Waals surface area contributed by atoms with Crippen molar-refractivity contribution in [2.45, 2.75) is 102 Å². The van der Waals surface area contributed by atoms with E-state index >= 15 is 0 Å². The molecule has 2 N–H and O–H groups in total. The summed E-state index contributed by atoms with van der Waals surface area (Å²) < 4.78 is 40.0.